The lowest BCUT2D eigenvalue weighted by Gasteiger charge is -2.21. The van der Waals surface area contributed by atoms with Crippen LogP contribution in [0.5, 0.6) is 0 Å². The third-order valence-electron chi connectivity index (χ3n) is 2.88. The first-order valence-corrected chi connectivity index (χ1v) is 9.01. The summed E-state index contributed by atoms with van der Waals surface area (Å²) < 4.78 is 27.3. The molecule has 0 N–H and O–H groups in total. The summed E-state index contributed by atoms with van der Waals surface area (Å²) in [5.41, 5.74) is 0.847. The van der Waals surface area contributed by atoms with Crippen LogP contribution in [-0.2, 0) is 10.0 Å². The maximum absolute atomic E-state index is 12.6. The van der Waals surface area contributed by atoms with Crippen LogP contribution in [0.25, 0.3) is 0 Å². The zero-order chi connectivity index (χ0) is 14.3. The number of thiophene rings is 1. The fourth-order valence-corrected chi connectivity index (χ4v) is 5.01. The molecular weight excluding hydrogens is 278 g/mol. The van der Waals surface area contributed by atoms with Gasteiger partial charge in [-0.3, -0.25) is 0 Å². The zero-order valence-corrected chi connectivity index (χ0v) is 13.6. The maximum atomic E-state index is 12.6. The molecule has 5 heteroatoms. The summed E-state index contributed by atoms with van der Waals surface area (Å²) >= 11 is 1.31. The average Bonchev–Trinajstić information content (AvgIpc) is 2.80. The van der Waals surface area contributed by atoms with Gasteiger partial charge in [-0.1, -0.05) is 19.1 Å². The minimum absolute atomic E-state index is 0.493. The van der Waals surface area contributed by atoms with E-state index < -0.39 is 10.0 Å². The normalized spacial score (nSPS) is 12.6. The highest BCUT2D eigenvalue weighted by Gasteiger charge is 2.25. The van der Waals surface area contributed by atoms with Gasteiger partial charge in [0.2, 0.25) is 0 Å². The molecule has 0 fully saturated rings. The Morgan fingerprint density at radius 3 is 2.63 bits per heavy atom. The molecule has 0 bridgehead atoms. The number of aryl methyl sites for hydroxylation is 1. The van der Waals surface area contributed by atoms with Crippen molar-refractivity contribution in [3.63, 3.8) is 0 Å². The quantitative estimate of drug-likeness (QED) is 0.541. The van der Waals surface area contributed by atoms with Gasteiger partial charge in [0.15, 0.2) is 0 Å². The Hall–Kier alpha value is -0.650. The van der Waals surface area contributed by atoms with E-state index in [1.807, 2.05) is 38.3 Å². The van der Waals surface area contributed by atoms with Gasteiger partial charge in [0.05, 0.1) is 0 Å². The van der Waals surface area contributed by atoms with Crippen molar-refractivity contribution in [2.75, 3.05) is 13.1 Å². The highest BCUT2D eigenvalue weighted by molar-refractivity contribution is 7.91. The zero-order valence-electron chi connectivity index (χ0n) is 11.9. The molecule has 1 heterocycles. The largest absolute Gasteiger partial charge is 0.252 e. The van der Waals surface area contributed by atoms with Gasteiger partial charge in [-0.25, -0.2) is 8.42 Å². The molecule has 19 heavy (non-hydrogen) atoms. The van der Waals surface area contributed by atoms with Crippen LogP contribution in [0.3, 0.4) is 0 Å². The molecule has 0 aromatic carbocycles. The first kappa shape index (κ1) is 16.4. The van der Waals surface area contributed by atoms with Crippen molar-refractivity contribution in [3.05, 3.63) is 29.2 Å². The molecule has 0 saturated carbocycles. The van der Waals surface area contributed by atoms with Gasteiger partial charge < -0.3 is 0 Å². The molecule has 0 atom stereocenters. The first-order chi connectivity index (χ1) is 9.04. The van der Waals surface area contributed by atoms with E-state index in [0.29, 0.717) is 17.3 Å². The molecular formula is C14H23NO2S2. The molecule has 108 valence electrons. The number of hydrogen-bond donors (Lipinski definition) is 0. The molecule has 1 aromatic rings. The molecule has 0 aliphatic heterocycles. The van der Waals surface area contributed by atoms with Crippen LogP contribution < -0.4 is 0 Å². The summed E-state index contributed by atoms with van der Waals surface area (Å²) in [7, 11) is -3.31. The second kappa shape index (κ2) is 7.82. The van der Waals surface area contributed by atoms with Crippen LogP contribution in [-0.4, -0.2) is 25.8 Å². The Bertz CT molecular complexity index is 503. The number of unbranched alkanes of at least 4 members (excludes halogenated alkanes) is 1. The number of nitrogens with zero attached hydrogens (tertiary/aromatic N) is 1. The predicted octanol–water partition coefficient (Wildman–Crippen LogP) is 3.81. The van der Waals surface area contributed by atoms with Crippen molar-refractivity contribution in [3.8, 4) is 0 Å². The summed E-state index contributed by atoms with van der Waals surface area (Å²) in [6, 6.07) is 1.86. The van der Waals surface area contributed by atoms with Crippen LogP contribution in [0.4, 0.5) is 0 Å². The summed E-state index contributed by atoms with van der Waals surface area (Å²) in [4.78, 5) is 0. The summed E-state index contributed by atoms with van der Waals surface area (Å²) in [5, 5.41) is 1.84. The Morgan fingerprint density at radius 1 is 1.37 bits per heavy atom. The van der Waals surface area contributed by atoms with E-state index in [9.17, 15) is 8.42 Å². The van der Waals surface area contributed by atoms with E-state index >= 15 is 0 Å². The van der Waals surface area contributed by atoms with Crippen LogP contribution in [0.2, 0.25) is 0 Å². The summed E-state index contributed by atoms with van der Waals surface area (Å²) in [6.45, 7) is 7.03. The SMILES string of the molecule is CC=CCCCN(CCC)S(=O)(=O)c1sccc1C. The number of sulfonamides is 1. The molecule has 0 spiro atoms. The second-order valence-electron chi connectivity index (χ2n) is 4.51. The first-order valence-electron chi connectivity index (χ1n) is 6.69. The van der Waals surface area contributed by atoms with Gasteiger partial charge in [0.25, 0.3) is 10.0 Å². The molecule has 0 radical (unpaired) electrons. The minimum Gasteiger partial charge on any atom is -0.206 e. The fourth-order valence-electron chi connectivity index (χ4n) is 1.89. The third kappa shape index (κ3) is 4.44. The Labute approximate surface area is 121 Å². The number of hydrogen-bond acceptors (Lipinski definition) is 3. The molecule has 0 aliphatic rings. The van der Waals surface area contributed by atoms with E-state index in [4.69, 9.17) is 0 Å². The Balaban J connectivity index is 2.82. The van der Waals surface area contributed by atoms with Crippen LogP contribution in [0, 0.1) is 6.92 Å². The van der Waals surface area contributed by atoms with Crippen molar-refractivity contribution < 1.29 is 8.42 Å². The lowest BCUT2D eigenvalue weighted by molar-refractivity contribution is 0.406. The number of allylic oxidation sites excluding steroid dienone is 2. The summed E-state index contributed by atoms with van der Waals surface area (Å²) in [6.07, 6.45) is 6.71. The topological polar surface area (TPSA) is 37.4 Å². The van der Waals surface area contributed by atoms with Crippen LogP contribution >= 0.6 is 11.3 Å². The fraction of sp³-hybridized carbons (Fsp3) is 0.571. The molecule has 0 saturated heterocycles. The van der Waals surface area contributed by atoms with Crippen molar-refractivity contribution in [1.29, 1.82) is 0 Å². The van der Waals surface area contributed by atoms with E-state index in [-0.39, 0.29) is 0 Å². The van der Waals surface area contributed by atoms with E-state index in [0.717, 1.165) is 24.8 Å². The van der Waals surface area contributed by atoms with Gasteiger partial charge in [0, 0.05) is 13.1 Å². The minimum atomic E-state index is -3.31. The molecule has 0 amide bonds. The molecule has 1 rings (SSSR count). The third-order valence-corrected chi connectivity index (χ3v) is 6.44. The Morgan fingerprint density at radius 2 is 2.11 bits per heavy atom. The maximum Gasteiger partial charge on any atom is 0.252 e. The number of rotatable bonds is 8. The van der Waals surface area contributed by atoms with Crippen molar-refractivity contribution in [1.82, 2.24) is 4.31 Å². The highest BCUT2D eigenvalue weighted by atomic mass is 32.2. The Kier molecular flexibility index (Phi) is 6.75. The molecule has 1 aromatic heterocycles. The lowest BCUT2D eigenvalue weighted by Crippen LogP contribution is -2.32. The standard InChI is InChI=1S/C14H23NO2S2/c1-4-6-7-8-11-15(10-5-2)19(16,17)14-13(3)9-12-18-14/h4,6,9,12H,5,7-8,10-11H2,1-3H3. The van der Waals surface area contributed by atoms with Gasteiger partial charge in [-0.05, 0) is 50.1 Å². The molecule has 0 aliphatic carbocycles. The van der Waals surface area contributed by atoms with Gasteiger partial charge in [0.1, 0.15) is 4.21 Å². The second-order valence-corrected chi connectivity index (χ2v) is 7.56. The monoisotopic (exact) mass is 301 g/mol. The van der Waals surface area contributed by atoms with Gasteiger partial charge >= 0.3 is 0 Å². The van der Waals surface area contributed by atoms with E-state index in [1.165, 1.54) is 11.3 Å². The van der Waals surface area contributed by atoms with E-state index in [2.05, 4.69) is 6.08 Å². The smallest absolute Gasteiger partial charge is 0.206 e. The lowest BCUT2D eigenvalue weighted by atomic mass is 10.3. The van der Waals surface area contributed by atoms with Crippen molar-refractivity contribution in [2.24, 2.45) is 0 Å². The van der Waals surface area contributed by atoms with Gasteiger partial charge in [-0.2, -0.15) is 4.31 Å². The van der Waals surface area contributed by atoms with Crippen LogP contribution in [0.1, 0.15) is 38.7 Å². The summed E-state index contributed by atoms with van der Waals surface area (Å²) in [5.74, 6) is 0. The van der Waals surface area contributed by atoms with Crippen molar-refractivity contribution in [2.45, 2.75) is 44.2 Å². The highest BCUT2D eigenvalue weighted by Crippen LogP contribution is 2.25. The molecule has 0 unspecified atom stereocenters. The molecule has 3 nitrogen and oxygen atoms in total. The predicted molar refractivity (Wildman–Crippen MR) is 82.2 cm³/mol. The van der Waals surface area contributed by atoms with E-state index in [1.54, 1.807) is 4.31 Å². The van der Waals surface area contributed by atoms with Gasteiger partial charge in [-0.15, -0.1) is 11.3 Å². The van der Waals surface area contributed by atoms with Crippen LogP contribution in [0.15, 0.2) is 27.8 Å². The average molecular weight is 301 g/mol. The van der Waals surface area contributed by atoms with Crippen molar-refractivity contribution >= 4 is 21.4 Å².